The van der Waals surface area contributed by atoms with Gasteiger partial charge in [0.15, 0.2) is 0 Å². The van der Waals surface area contributed by atoms with E-state index in [2.05, 4.69) is 10.6 Å². The first-order chi connectivity index (χ1) is 11.1. The van der Waals surface area contributed by atoms with Gasteiger partial charge in [0.2, 0.25) is 5.91 Å². The Morgan fingerprint density at radius 2 is 1.83 bits per heavy atom. The SMILES string of the molecule is C[C@H](NC(=O)[C@@H]1CNC[C@H]1c1ccc(Cl)cc1)c1ccccc1. The molecule has 0 spiro atoms. The number of carbonyl (C=O) groups excluding carboxylic acids is 1. The molecule has 0 radical (unpaired) electrons. The quantitative estimate of drug-likeness (QED) is 0.901. The number of carbonyl (C=O) groups is 1. The van der Waals surface area contributed by atoms with Gasteiger partial charge in [0, 0.05) is 24.0 Å². The van der Waals surface area contributed by atoms with Crippen molar-refractivity contribution in [2.24, 2.45) is 5.92 Å². The molecule has 1 heterocycles. The van der Waals surface area contributed by atoms with E-state index in [9.17, 15) is 4.79 Å². The third-order valence-corrected chi connectivity index (χ3v) is 4.76. The van der Waals surface area contributed by atoms with Crippen LogP contribution in [-0.4, -0.2) is 19.0 Å². The summed E-state index contributed by atoms with van der Waals surface area (Å²) in [5.74, 6) is 0.240. The first-order valence-corrected chi connectivity index (χ1v) is 8.34. The van der Waals surface area contributed by atoms with E-state index in [1.54, 1.807) is 0 Å². The lowest BCUT2D eigenvalue weighted by Crippen LogP contribution is -2.36. The van der Waals surface area contributed by atoms with Crippen molar-refractivity contribution >= 4 is 17.5 Å². The minimum absolute atomic E-state index is 0.00941. The van der Waals surface area contributed by atoms with Crippen molar-refractivity contribution in [3.05, 3.63) is 70.7 Å². The Labute approximate surface area is 142 Å². The zero-order valence-corrected chi connectivity index (χ0v) is 13.9. The minimum Gasteiger partial charge on any atom is -0.349 e. The normalized spacial score (nSPS) is 21.8. The molecule has 1 amide bonds. The fourth-order valence-corrected chi connectivity index (χ4v) is 3.29. The van der Waals surface area contributed by atoms with Gasteiger partial charge in [0.25, 0.3) is 0 Å². The van der Waals surface area contributed by atoms with Gasteiger partial charge in [-0.25, -0.2) is 0 Å². The highest BCUT2D eigenvalue weighted by atomic mass is 35.5. The highest BCUT2D eigenvalue weighted by Gasteiger charge is 2.34. The molecule has 2 aromatic carbocycles. The molecule has 2 aromatic rings. The summed E-state index contributed by atoms with van der Waals surface area (Å²) in [7, 11) is 0. The number of amides is 1. The van der Waals surface area contributed by atoms with Crippen LogP contribution in [0.15, 0.2) is 54.6 Å². The molecule has 2 N–H and O–H groups in total. The second-order valence-electron chi connectivity index (χ2n) is 6.06. The standard InChI is InChI=1S/C19H21ClN2O/c1-13(14-5-3-2-4-6-14)22-19(23)18-12-21-11-17(18)15-7-9-16(20)10-8-15/h2-10,13,17-18,21H,11-12H2,1H3,(H,22,23)/t13-,17-,18+/m0/s1. The molecule has 3 rings (SSSR count). The first kappa shape index (κ1) is 16.0. The van der Waals surface area contributed by atoms with E-state index >= 15 is 0 Å². The molecule has 0 aromatic heterocycles. The summed E-state index contributed by atoms with van der Waals surface area (Å²) < 4.78 is 0. The topological polar surface area (TPSA) is 41.1 Å². The summed E-state index contributed by atoms with van der Waals surface area (Å²) in [6.45, 7) is 3.55. The Bertz CT molecular complexity index is 657. The number of hydrogen-bond donors (Lipinski definition) is 2. The van der Waals surface area contributed by atoms with Crippen LogP contribution in [0.1, 0.15) is 30.0 Å². The van der Waals surface area contributed by atoms with Crippen molar-refractivity contribution in [2.75, 3.05) is 13.1 Å². The van der Waals surface area contributed by atoms with E-state index in [1.165, 1.54) is 0 Å². The van der Waals surface area contributed by atoms with E-state index in [0.29, 0.717) is 6.54 Å². The van der Waals surface area contributed by atoms with E-state index in [0.717, 1.165) is 22.7 Å². The number of rotatable bonds is 4. The summed E-state index contributed by atoms with van der Waals surface area (Å²) in [5.41, 5.74) is 2.28. The molecule has 0 bridgehead atoms. The first-order valence-electron chi connectivity index (χ1n) is 7.96. The fraction of sp³-hybridized carbons (Fsp3) is 0.316. The second-order valence-corrected chi connectivity index (χ2v) is 6.50. The molecule has 3 nitrogen and oxygen atoms in total. The maximum Gasteiger partial charge on any atom is 0.225 e. The number of halogens is 1. The van der Waals surface area contributed by atoms with Gasteiger partial charge in [0.05, 0.1) is 12.0 Å². The molecule has 1 aliphatic heterocycles. The van der Waals surface area contributed by atoms with Crippen molar-refractivity contribution < 1.29 is 4.79 Å². The summed E-state index contributed by atoms with van der Waals surface area (Å²) in [4.78, 5) is 12.7. The molecule has 120 valence electrons. The molecule has 4 heteroatoms. The van der Waals surface area contributed by atoms with E-state index in [-0.39, 0.29) is 23.8 Å². The van der Waals surface area contributed by atoms with Crippen LogP contribution < -0.4 is 10.6 Å². The van der Waals surface area contributed by atoms with Crippen molar-refractivity contribution in [1.82, 2.24) is 10.6 Å². The van der Waals surface area contributed by atoms with Gasteiger partial charge in [-0.15, -0.1) is 0 Å². The number of nitrogens with one attached hydrogen (secondary N) is 2. The molecule has 0 saturated carbocycles. The summed E-state index contributed by atoms with van der Waals surface area (Å²) in [5, 5.41) is 7.20. The van der Waals surface area contributed by atoms with Crippen LogP contribution in [-0.2, 0) is 4.79 Å². The number of benzene rings is 2. The molecular formula is C19H21ClN2O. The predicted molar refractivity (Wildman–Crippen MR) is 93.6 cm³/mol. The largest absolute Gasteiger partial charge is 0.349 e. The van der Waals surface area contributed by atoms with Gasteiger partial charge in [-0.2, -0.15) is 0 Å². The van der Waals surface area contributed by atoms with Gasteiger partial charge >= 0.3 is 0 Å². The van der Waals surface area contributed by atoms with Gasteiger partial charge in [-0.3, -0.25) is 4.79 Å². The minimum atomic E-state index is -0.0534. The van der Waals surface area contributed by atoms with E-state index in [4.69, 9.17) is 11.6 Å². The molecule has 0 unspecified atom stereocenters. The monoisotopic (exact) mass is 328 g/mol. The lowest BCUT2D eigenvalue weighted by atomic mass is 9.88. The molecular weight excluding hydrogens is 308 g/mol. The third-order valence-electron chi connectivity index (χ3n) is 4.51. The van der Waals surface area contributed by atoms with Crippen LogP contribution in [0.2, 0.25) is 5.02 Å². The lowest BCUT2D eigenvalue weighted by Gasteiger charge is -2.22. The predicted octanol–water partition coefficient (Wildman–Crippen LogP) is 3.52. The molecule has 3 atom stereocenters. The molecule has 1 aliphatic rings. The van der Waals surface area contributed by atoms with Gasteiger partial charge in [-0.05, 0) is 30.2 Å². The molecule has 0 aliphatic carbocycles. The zero-order chi connectivity index (χ0) is 16.2. The van der Waals surface area contributed by atoms with Crippen LogP contribution >= 0.6 is 11.6 Å². The third kappa shape index (κ3) is 3.74. The van der Waals surface area contributed by atoms with Gasteiger partial charge in [-0.1, -0.05) is 54.1 Å². The van der Waals surface area contributed by atoms with E-state index < -0.39 is 0 Å². The van der Waals surface area contributed by atoms with Crippen molar-refractivity contribution in [3.8, 4) is 0 Å². The maximum atomic E-state index is 12.7. The Morgan fingerprint density at radius 1 is 1.13 bits per heavy atom. The highest BCUT2D eigenvalue weighted by Crippen LogP contribution is 2.29. The smallest absolute Gasteiger partial charge is 0.225 e. The van der Waals surface area contributed by atoms with Crippen molar-refractivity contribution in [2.45, 2.75) is 18.9 Å². The highest BCUT2D eigenvalue weighted by molar-refractivity contribution is 6.30. The van der Waals surface area contributed by atoms with Gasteiger partial charge < -0.3 is 10.6 Å². The molecule has 23 heavy (non-hydrogen) atoms. The van der Waals surface area contributed by atoms with Crippen LogP contribution in [0.3, 0.4) is 0 Å². The Hall–Kier alpha value is -1.84. The second kappa shape index (κ2) is 7.16. The fourth-order valence-electron chi connectivity index (χ4n) is 3.16. The van der Waals surface area contributed by atoms with Crippen LogP contribution in [0, 0.1) is 5.92 Å². The molecule has 1 fully saturated rings. The molecule has 1 saturated heterocycles. The van der Waals surface area contributed by atoms with Crippen LogP contribution in [0.4, 0.5) is 0 Å². The summed E-state index contributed by atoms with van der Waals surface area (Å²) in [6.07, 6.45) is 0. The Morgan fingerprint density at radius 3 is 2.52 bits per heavy atom. The summed E-state index contributed by atoms with van der Waals surface area (Å²) in [6, 6.07) is 17.8. The Balaban J connectivity index is 1.69. The average Bonchev–Trinajstić information content (AvgIpc) is 3.06. The van der Waals surface area contributed by atoms with Crippen molar-refractivity contribution in [1.29, 1.82) is 0 Å². The zero-order valence-electron chi connectivity index (χ0n) is 13.1. The maximum absolute atomic E-state index is 12.7. The van der Waals surface area contributed by atoms with Crippen LogP contribution in [0.25, 0.3) is 0 Å². The lowest BCUT2D eigenvalue weighted by molar-refractivity contribution is -0.125. The van der Waals surface area contributed by atoms with Crippen LogP contribution in [0.5, 0.6) is 0 Å². The summed E-state index contributed by atoms with van der Waals surface area (Å²) >= 11 is 5.96. The average molecular weight is 329 g/mol. The van der Waals surface area contributed by atoms with Crippen molar-refractivity contribution in [3.63, 3.8) is 0 Å². The van der Waals surface area contributed by atoms with Gasteiger partial charge in [0.1, 0.15) is 0 Å². The Kier molecular flexibility index (Phi) is 4.99. The van der Waals surface area contributed by atoms with E-state index in [1.807, 2.05) is 61.5 Å². The number of hydrogen-bond acceptors (Lipinski definition) is 2.